The average molecular weight is 353 g/mol. The summed E-state index contributed by atoms with van der Waals surface area (Å²) in [6.45, 7) is 0. The van der Waals surface area contributed by atoms with Crippen LogP contribution >= 0.6 is 11.8 Å². The number of hydrogen-bond acceptors (Lipinski definition) is 6. The Morgan fingerprint density at radius 3 is 2.76 bits per heavy atom. The van der Waals surface area contributed by atoms with Crippen molar-refractivity contribution in [3.8, 4) is 0 Å². The molecule has 0 unspecified atom stereocenters. The van der Waals surface area contributed by atoms with E-state index in [4.69, 9.17) is 0 Å². The summed E-state index contributed by atoms with van der Waals surface area (Å²) >= 11 is 1.16. The molecule has 1 aromatic heterocycles. The van der Waals surface area contributed by atoms with Crippen LogP contribution in [0.15, 0.2) is 57.7 Å². The molecule has 25 heavy (non-hydrogen) atoms. The Kier molecular flexibility index (Phi) is 3.69. The van der Waals surface area contributed by atoms with Gasteiger partial charge in [0, 0.05) is 24.0 Å². The number of H-pyrrole nitrogens is 1. The van der Waals surface area contributed by atoms with Gasteiger partial charge in [0.15, 0.2) is 10.9 Å². The Bertz CT molecular complexity index is 1010. The molecule has 9 heteroatoms. The van der Waals surface area contributed by atoms with Gasteiger partial charge in [0.25, 0.3) is 5.91 Å². The number of carbonyl (C=O) groups is 2. The lowest BCUT2D eigenvalue weighted by atomic mass is 10.1. The van der Waals surface area contributed by atoms with Gasteiger partial charge in [0.05, 0.1) is 11.4 Å². The van der Waals surface area contributed by atoms with E-state index in [1.807, 2.05) is 6.07 Å². The Labute approximate surface area is 145 Å². The van der Waals surface area contributed by atoms with Crippen LogP contribution in [0, 0.1) is 0 Å². The van der Waals surface area contributed by atoms with Crippen molar-refractivity contribution in [2.24, 2.45) is 10.2 Å². The van der Waals surface area contributed by atoms with Gasteiger partial charge < -0.3 is 10.3 Å². The first-order valence-corrected chi connectivity index (χ1v) is 8.33. The lowest BCUT2D eigenvalue weighted by Crippen LogP contribution is -2.33. The summed E-state index contributed by atoms with van der Waals surface area (Å²) in [5.74, 6) is -0.471. The van der Waals surface area contributed by atoms with Crippen molar-refractivity contribution in [2.45, 2.75) is 0 Å². The molecule has 8 nitrogen and oxygen atoms in total. The summed E-state index contributed by atoms with van der Waals surface area (Å²) in [4.78, 5) is 40.2. The highest BCUT2D eigenvalue weighted by molar-refractivity contribution is 8.15. The van der Waals surface area contributed by atoms with Gasteiger partial charge in [0.1, 0.15) is 5.69 Å². The first kappa shape index (κ1) is 15.3. The standard InChI is InChI=1S/C16H11N5O3S/c22-12-5-6-17-7-11(12)21-13(23)8-25-16(21)20-19-14-9-3-1-2-4-10(9)18-15(14)24/h1-7H,8H2,(H,17,22)(H,18,19,24)/b20-16-. The molecule has 1 fully saturated rings. The van der Waals surface area contributed by atoms with E-state index in [2.05, 4.69) is 20.5 Å². The third kappa shape index (κ3) is 2.64. The van der Waals surface area contributed by atoms with Crippen molar-refractivity contribution in [1.29, 1.82) is 0 Å². The Morgan fingerprint density at radius 1 is 1.08 bits per heavy atom. The van der Waals surface area contributed by atoms with Gasteiger partial charge in [-0.15, -0.1) is 10.2 Å². The minimum atomic E-state index is -0.357. The first-order valence-electron chi connectivity index (χ1n) is 7.34. The molecule has 4 rings (SSSR count). The number of nitrogens with one attached hydrogen (secondary N) is 2. The number of amides is 2. The molecular weight excluding hydrogens is 342 g/mol. The lowest BCUT2D eigenvalue weighted by Gasteiger charge is -2.13. The van der Waals surface area contributed by atoms with E-state index in [1.54, 1.807) is 18.2 Å². The third-order valence-electron chi connectivity index (χ3n) is 3.69. The molecule has 0 bridgehead atoms. The maximum absolute atomic E-state index is 12.1. The Balaban J connectivity index is 1.74. The average Bonchev–Trinajstić information content (AvgIpc) is 3.13. The fourth-order valence-electron chi connectivity index (χ4n) is 2.55. The molecule has 2 amide bonds. The van der Waals surface area contributed by atoms with Gasteiger partial charge in [-0.25, -0.2) is 0 Å². The SMILES string of the molecule is O=C1Nc2ccccc2/C1=N/N=C1\SCC(=O)N1c1c[nH]ccc1=O. The van der Waals surface area contributed by atoms with Gasteiger partial charge in [-0.1, -0.05) is 30.0 Å². The molecule has 0 radical (unpaired) electrons. The van der Waals surface area contributed by atoms with Crippen LogP contribution in [0.4, 0.5) is 11.4 Å². The fraction of sp³-hybridized carbons (Fsp3) is 0.0625. The maximum Gasteiger partial charge on any atom is 0.276 e. The van der Waals surface area contributed by atoms with Gasteiger partial charge in [-0.3, -0.25) is 19.3 Å². The molecule has 0 saturated carbocycles. The van der Waals surface area contributed by atoms with Gasteiger partial charge in [-0.2, -0.15) is 0 Å². The molecule has 0 spiro atoms. The van der Waals surface area contributed by atoms with Crippen LogP contribution in [0.25, 0.3) is 0 Å². The van der Waals surface area contributed by atoms with Crippen LogP contribution in [0.3, 0.4) is 0 Å². The summed E-state index contributed by atoms with van der Waals surface area (Å²) in [6.07, 6.45) is 2.92. The number of fused-ring (bicyclic) bond motifs is 1. The van der Waals surface area contributed by atoms with Gasteiger partial charge in [0.2, 0.25) is 11.3 Å². The second-order valence-electron chi connectivity index (χ2n) is 5.24. The number of thioether (sulfide) groups is 1. The molecule has 1 aromatic carbocycles. The number of hydrogen-bond donors (Lipinski definition) is 2. The number of pyridine rings is 1. The van der Waals surface area contributed by atoms with Crippen molar-refractivity contribution in [3.05, 3.63) is 58.5 Å². The summed E-state index contributed by atoms with van der Waals surface area (Å²) in [6, 6.07) is 8.47. The van der Waals surface area contributed by atoms with Crippen LogP contribution in [-0.4, -0.2) is 33.4 Å². The van der Waals surface area contributed by atoms with Crippen molar-refractivity contribution < 1.29 is 9.59 Å². The minimum Gasteiger partial charge on any atom is -0.366 e. The van der Waals surface area contributed by atoms with E-state index < -0.39 is 0 Å². The molecule has 2 aliphatic rings. The summed E-state index contributed by atoms with van der Waals surface area (Å²) in [5, 5.41) is 11.1. The molecule has 2 aromatic rings. The van der Waals surface area contributed by atoms with E-state index in [-0.39, 0.29) is 39.6 Å². The highest BCUT2D eigenvalue weighted by atomic mass is 32.2. The number of amidine groups is 1. The summed E-state index contributed by atoms with van der Waals surface area (Å²) in [5.41, 5.74) is 1.35. The number of anilines is 2. The molecule has 1 saturated heterocycles. The second-order valence-corrected chi connectivity index (χ2v) is 6.19. The number of carbonyl (C=O) groups excluding carboxylic acids is 2. The summed E-state index contributed by atoms with van der Waals surface area (Å²) in [7, 11) is 0. The van der Waals surface area contributed by atoms with Crippen LogP contribution in [-0.2, 0) is 9.59 Å². The number of para-hydroxylation sites is 1. The smallest absolute Gasteiger partial charge is 0.276 e. The van der Waals surface area contributed by atoms with E-state index in [0.717, 1.165) is 11.8 Å². The zero-order valence-electron chi connectivity index (χ0n) is 12.7. The molecule has 124 valence electrons. The van der Waals surface area contributed by atoms with Gasteiger partial charge in [-0.05, 0) is 6.07 Å². The Hall–Kier alpha value is -3.20. The van der Waals surface area contributed by atoms with Crippen molar-refractivity contribution in [2.75, 3.05) is 16.0 Å². The van der Waals surface area contributed by atoms with E-state index >= 15 is 0 Å². The predicted molar refractivity (Wildman–Crippen MR) is 96.1 cm³/mol. The van der Waals surface area contributed by atoms with Gasteiger partial charge >= 0.3 is 0 Å². The summed E-state index contributed by atoms with van der Waals surface area (Å²) < 4.78 is 0. The largest absolute Gasteiger partial charge is 0.366 e. The molecule has 3 heterocycles. The third-order valence-corrected chi connectivity index (χ3v) is 4.60. The van der Waals surface area contributed by atoms with E-state index in [9.17, 15) is 14.4 Å². The quantitative estimate of drug-likeness (QED) is 0.790. The van der Waals surface area contributed by atoms with Crippen LogP contribution in [0.5, 0.6) is 0 Å². The minimum absolute atomic E-state index is 0.154. The van der Waals surface area contributed by atoms with Crippen molar-refractivity contribution in [1.82, 2.24) is 4.98 Å². The topological polar surface area (TPSA) is 107 Å². The van der Waals surface area contributed by atoms with E-state index in [1.165, 1.54) is 23.4 Å². The van der Waals surface area contributed by atoms with Crippen LogP contribution in [0.1, 0.15) is 5.56 Å². The maximum atomic E-state index is 12.1. The second kappa shape index (κ2) is 6.02. The van der Waals surface area contributed by atoms with Crippen molar-refractivity contribution in [3.63, 3.8) is 0 Å². The fourth-order valence-corrected chi connectivity index (χ4v) is 3.36. The number of nitrogens with zero attached hydrogens (tertiary/aromatic N) is 3. The monoisotopic (exact) mass is 353 g/mol. The zero-order valence-corrected chi connectivity index (χ0v) is 13.5. The highest BCUT2D eigenvalue weighted by Gasteiger charge is 2.32. The normalized spacial score (nSPS) is 19.6. The highest BCUT2D eigenvalue weighted by Crippen LogP contribution is 2.26. The van der Waals surface area contributed by atoms with Crippen molar-refractivity contribution >= 4 is 45.8 Å². The number of rotatable bonds is 2. The molecule has 0 atom stereocenters. The number of aromatic amines is 1. The molecular formula is C16H11N5O3S. The molecule has 2 aliphatic heterocycles. The van der Waals surface area contributed by atoms with Crippen LogP contribution < -0.4 is 15.6 Å². The first-order chi connectivity index (χ1) is 12.1. The predicted octanol–water partition coefficient (Wildman–Crippen LogP) is 1.17. The number of aromatic nitrogens is 1. The lowest BCUT2D eigenvalue weighted by molar-refractivity contribution is -0.115. The number of benzene rings is 1. The molecule has 0 aliphatic carbocycles. The zero-order chi connectivity index (χ0) is 17.4. The van der Waals surface area contributed by atoms with E-state index in [0.29, 0.717) is 11.3 Å². The van der Waals surface area contributed by atoms with Crippen LogP contribution in [0.2, 0.25) is 0 Å². The Morgan fingerprint density at radius 2 is 1.92 bits per heavy atom. The molecule has 2 N–H and O–H groups in total.